The number of benzene rings is 4. The Labute approximate surface area is 332 Å². The summed E-state index contributed by atoms with van der Waals surface area (Å²) in [6, 6.07) is 10.8. The predicted octanol–water partition coefficient (Wildman–Crippen LogP) is 14.1. The fraction of sp³-hybridized carbons (Fsp3) is 0.625. The first-order valence-electron chi connectivity index (χ1n) is 22.1. The fourth-order valence-corrected chi connectivity index (χ4v) is 7.06. The van der Waals surface area contributed by atoms with Crippen LogP contribution in [0.3, 0.4) is 0 Å². The van der Waals surface area contributed by atoms with Gasteiger partial charge in [-0.15, -0.1) is 0 Å². The van der Waals surface area contributed by atoms with Gasteiger partial charge in [-0.2, -0.15) is 0 Å². The van der Waals surface area contributed by atoms with Crippen molar-refractivity contribution in [3.05, 3.63) is 30.3 Å². The van der Waals surface area contributed by atoms with Crippen molar-refractivity contribution < 1.29 is 28.4 Å². The summed E-state index contributed by atoms with van der Waals surface area (Å²) in [5.74, 6) is 4.35. The molecule has 4 rings (SSSR count). The van der Waals surface area contributed by atoms with Crippen LogP contribution in [0.5, 0.6) is 34.5 Å². The molecule has 55 heavy (non-hydrogen) atoms. The Bertz CT molecular complexity index is 1660. The SMILES string of the molecule is CCCCCOc1cc2c3cc(OCCCCC)c(OCCCCC)cc3c3c(N)c(OCCCCC)c(OCCCCC)cc3c2cc1OCCCCC. The number of rotatable bonds is 30. The summed E-state index contributed by atoms with van der Waals surface area (Å²) in [7, 11) is 0. The zero-order valence-electron chi connectivity index (χ0n) is 35.4. The fourth-order valence-electron chi connectivity index (χ4n) is 7.06. The Morgan fingerprint density at radius 2 is 0.582 bits per heavy atom. The molecule has 0 aliphatic rings. The Kier molecular flexibility index (Phi) is 19.8. The number of ether oxygens (including phenoxy) is 6. The Morgan fingerprint density at radius 1 is 0.327 bits per heavy atom. The van der Waals surface area contributed by atoms with Gasteiger partial charge in [-0.05, 0) is 95.8 Å². The third-order valence-electron chi connectivity index (χ3n) is 10.3. The first kappa shape index (κ1) is 44.0. The van der Waals surface area contributed by atoms with Crippen LogP contribution in [0.2, 0.25) is 0 Å². The van der Waals surface area contributed by atoms with Crippen LogP contribution in [0.25, 0.3) is 32.3 Å². The van der Waals surface area contributed by atoms with Crippen molar-refractivity contribution in [1.29, 1.82) is 0 Å². The number of unbranched alkanes of at least 4 members (excludes halogenated alkanes) is 12. The van der Waals surface area contributed by atoms with E-state index >= 15 is 0 Å². The second kappa shape index (κ2) is 24.7. The second-order valence-electron chi connectivity index (χ2n) is 15.1. The summed E-state index contributed by atoms with van der Waals surface area (Å²) < 4.78 is 39.3. The molecule has 0 atom stereocenters. The molecule has 0 unspecified atom stereocenters. The third-order valence-corrected chi connectivity index (χ3v) is 10.3. The highest BCUT2D eigenvalue weighted by Crippen LogP contribution is 2.50. The van der Waals surface area contributed by atoms with E-state index in [1.54, 1.807) is 0 Å². The van der Waals surface area contributed by atoms with Crippen molar-refractivity contribution in [2.45, 2.75) is 157 Å². The van der Waals surface area contributed by atoms with Crippen LogP contribution in [0.4, 0.5) is 5.69 Å². The Balaban J connectivity index is 2.05. The van der Waals surface area contributed by atoms with E-state index in [0.717, 1.165) is 171 Å². The summed E-state index contributed by atoms with van der Waals surface area (Å²) in [6.07, 6.45) is 19.3. The van der Waals surface area contributed by atoms with Crippen LogP contribution in [-0.2, 0) is 0 Å². The molecular formula is C48H73NO6. The van der Waals surface area contributed by atoms with Crippen molar-refractivity contribution in [3.63, 3.8) is 0 Å². The molecule has 0 saturated heterocycles. The van der Waals surface area contributed by atoms with Crippen LogP contribution >= 0.6 is 0 Å². The summed E-state index contributed by atoms with van der Waals surface area (Å²) in [5.41, 5.74) is 7.89. The molecular weight excluding hydrogens is 687 g/mol. The molecule has 306 valence electrons. The maximum Gasteiger partial charge on any atom is 0.184 e. The second-order valence-corrected chi connectivity index (χ2v) is 15.1. The zero-order valence-corrected chi connectivity index (χ0v) is 35.4. The number of hydrogen-bond acceptors (Lipinski definition) is 7. The zero-order chi connectivity index (χ0) is 39.3. The Morgan fingerprint density at radius 3 is 0.909 bits per heavy atom. The standard InChI is InChI=1S/C48H73NO6/c1-7-13-19-25-50-41-31-36-37-32-43(52-27-21-15-9-3)44(53-28-22-16-10-4)34-39(37)46-40(38(36)33-42(41)51-26-20-14-8-2)35-45(54-29-23-17-11-5)48(47(46)49)55-30-24-18-12-6/h31-35H,7-30,49H2,1-6H3. The lowest BCUT2D eigenvalue weighted by molar-refractivity contribution is 0.260. The first-order valence-corrected chi connectivity index (χ1v) is 22.1. The van der Waals surface area contributed by atoms with E-state index in [-0.39, 0.29) is 0 Å². The number of hydrogen-bond donors (Lipinski definition) is 1. The van der Waals surface area contributed by atoms with Crippen molar-refractivity contribution in [2.24, 2.45) is 0 Å². The lowest BCUT2D eigenvalue weighted by Gasteiger charge is -2.22. The molecule has 2 N–H and O–H groups in total. The van der Waals surface area contributed by atoms with Gasteiger partial charge in [-0.25, -0.2) is 0 Å². The number of nitrogen functional groups attached to an aromatic ring is 1. The van der Waals surface area contributed by atoms with Gasteiger partial charge in [0.15, 0.2) is 34.5 Å². The van der Waals surface area contributed by atoms with Gasteiger partial charge in [0, 0.05) is 5.39 Å². The van der Waals surface area contributed by atoms with E-state index in [1.165, 1.54) is 0 Å². The quantitative estimate of drug-likeness (QED) is 0.0322. The highest BCUT2D eigenvalue weighted by atomic mass is 16.5. The van der Waals surface area contributed by atoms with Crippen molar-refractivity contribution in [3.8, 4) is 34.5 Å². The molecule has 4 aromatic carbocycles. The van der Waals surface area contributed by atoms with Gasteiger partial charge in [0.25, 0.3) is 0 Å². The van der Waals surface area contributed by atoms with Gasteiger partial charge in [-0.3, -0.25) is 0 Å². The van der Waals surface area contributed by atoms with Gasteiger partial charge in [0.05, 0.1) is 45.3 Å². The summed E-state index contributed by atoms with van der Waals surface area (Å²) >= 11 is 0. The van der Waals surface area contributed by atoms with E-state index in [9.17, 15) is 0 Å². The van der Waals surface area contributed by atoms with E-state index in [1.807, 2.05) is 0 Å². The van der Waals surface area contributed by atoms with Gasteiger partial charge < -0.3 is 34.2 Å². The lowest BCUT2D eigenvalue weighted by Crippen LogP contribution is -2.07. The molecule has 0 aromatic heterocycles. The van der Waals surface area contributed by atoms with Gasteiger partial charge in [-0.1, -0.05) is 119 Å². The van der Waals surface area contributed by atoms with Crippen LogP contribution in [-0.4, -0.2) is 39.6 Å². The largest absolute Gasteiger partial charge is 0.490 e. The van der Waals surface area contributed by atoms with E-state index in [0.29, 0.717) is 56.8 Å². The summed E-state index contributed by atoms with van der Waals surface area (Å²) in [5, 5.41) is 6.04. The monoisotopic (exact) mass is 760 g/mol. The minimum Gasteiger partial charge on any atom is -0.490 e. The minimum absolute atomic E-state index is 0.580. The average Bonchev–Trinajstić information content (AvgIpc) is 3.19. The van der Waals surface area contributed by atoms with Crippen molar-refractivity contribution in [1.82, 2.24) is 0 Å². The van der Waals surface area contributed by atoms with Gasteiger partial charge in [0.2, 0.25) is 0 Å². The molecule has 0 aliphatic carbocycles. The molecule has 0 spiro atoms. The molecule has 0 amide bonds. The predicted molar refractivity (Wildman–Crippen MR) is 233 cm³/mol. The average molecular weight is 760 g/mol. The lowest BCUT2D eigenvalue weighted by atomic mass is 9.92. The van der Waals surface area contributed by atoms with Crippen LogP contribution < -0.4 is 34.2 Å². The molecule has 0 heterocycles. The molecule has 7 nitrogen and oxygen atoms in total. The van der Waals surface area contributed by atoms with Gasteiger partial charge in [0.1, 0.15) is 0 Å². The topological polar surface area (TPSA) is 81.4 Å². The molecule has 0 saturated carbocycles. The molecule has 0 bridgehead atoms. The molecule has 0 fully saturated rings. The third kappa shape index (κ3) is 12.6. The summed E-state index contributed by atoms with van der Waals surface area (Å²) in [4.78, 5) is 0. The van der Waals surface area contributed by atoms with Crippen LogP contribution in [0.1, 0.15) is 157 Å². The maximum atomic E-state index is 7.31. The Hall–Kier alpha value is -3.74. The number of anilines is 1. The van der Waals surface area contributed by atoms with Crippen LogP contribution in [0, 0.1) is 0 Å². The molecule has 0 radical (unpaired) electrons. The summed E-state index contributed by atoms with van der Waals surface area (Å²) in [6.45, 7) is 17.0. The van der Waals surface area contributed by atoms with Crippen molar-refractivity contribution >= 4 is 38.0 Å². The van der Waals surface area contributed by atoms with E-state index < -0.39 is 0 Å². The minimum atomic E-state index is 0.580. The maximum absolute atomic E-state index is 7.31. The number of nitrogens with two attached hydrogens (primary N) is 1. The molecule has 7 heteroatoms. The molecule has 0 aliphatic heterocycles. The van der Waals surface area contributed by atoms with E-state index in [4.69, 9.17) is 34.2 Å². The van der Waals surface area contributed by atoms with E-state index in [2.05, 4.69) is 71.9 Å². The number of fused-ring (bicyclic) bond motifs is 6. The highest BCUT2D eigenvalue weighted by Gasteiger charge is 2.23. The molecule has 4 aromatic rings. The van der Waals surface area contributed by atoms with Gasteiger partial charge >= 0.3 is 0 Å². The van der Waals surface area contributed by atoms with Crippen molar-refractivity contribution in [2.75, 3.05) is 45.4 Å². The van der Waals surface area contributed by atoms with Crippen LogP contribution in [0.15, 0.2) is 30.3 Å². The highest BCUT2D eigenvalue weighted by molar-refractivity contribution is 6.29. The first-order chi connectivity index (χ1) is 27.0. The smallest absolute Gasteiger partial charge is 0.184 e. The normalized spacial score (nSPS) is 11.5.